The number of amides is 1. The maximum absolute atomic E-state index is 13.6. The van der Waals surface area contributed by atoms with Gasteiger partial charge < -0.3 is 9.64 Å². The molecule has 0 aliphatic carbocycles. The number of carbonyl (C=O) groups is 1. The average molecular weight is 319 g/mol. The van der Waals surface area contributed by atoms with E-state index in [1.807, 2.05) is 0 Å². The van der Waals surface area contributed by atoms with Crippen LogP contribution in [0.4, 0.5) is 8.78 Å². The molecule has 1 saturated heterocycles. The first-order valence-corrected chi connectivity index (χ1v) is 7.94. The van der Waals surface area contributed by atoms with Crippen LogP contribution in [0.1, 0.15) is 6.92 Å². The lowest BCUT2D eigenvalue weighted by atomic mass is 10.3. The van der Waals surface area contributed by atoms with E-state index in [0.717, 1.165) is 12.1 Å². The fourth-order valence-electron chi connectivity index (χ4n) is 2.06. The van der Waals surface area contributed by atoms with E-state index in [9.17, 15) is 22.0 Å². The minimum absolute atomic E-state index is 0.282. The predicted molar refractivity (Wildman–Crippen MR) is 70.4 cm³/mol. The van der Waals surface area contributed by atoms with Gasteiger partial charge in [0.2, 0.25) is 5.91 Å². The van der Waals surface area contributed by atoms with Crippen molar-refractivity contribution in [2.45, 2.75) is 17.1 Å². The number of hydrogen-bond donors (Lipinski definition) is 0. The molecule has 1 amide bonds. The Bertz CT molecular complexity index is 642. The molecule has 21 heavy (non-hydrogen) atoms. The zero-order chi connectivity index (χ0) is 15.6. The summed E-state index contributed by atoms with van der Waals surface area (Å²) in [6.45, 7) is 2.39. The van der Waals surface area contributed by atoms with E-state index < -0.39 is 37.5 Å². The first-order valence-electron chi connectivity index (χ1n) is 6.39. The second-order valence-corrected chi connectivity index (χ2v) is 6.94. The van der Waals surface area contributed by atoms with Crippen LogP contribution in [0.5, 0.6) is 0 Å². The van der Waals surface area contributed by atoms with Crippen molar-refractivity contribution in [1.29, 1.82) is 0 Å². The third kappa shape index (κ3) is 3.21. The van der Waals surface area contributed by atoms with Crippen molar-refractivity contribution in [3.8, 4) is 0 Å². The van der Waals surface area contributed by atoms with Gasteiger partial charge in [0.05, 0.1) is 13.2 Å². The van der Waals surface area contributed by atoms with Crippen LogP contribution in [0.2, 0.25) is 0 Å². The molecule has 0 saturated carbocycles. The number of benzene rings is 1. The molecule has 1 atom stereocenters. The highest BCUT2D eigenvalue weighted by Crippen LogP contribution is 2.22. The van der Waals surface area contributed by atoms with Gasteiger partial charge in [-0.15, -0.1) is 0 Å². The number of halogens is 2. The highest BCUT2D eigenvalue weighted by Gasteiger charge is 2.35. The van der Waals surface area contributed by atoms with Crippen molar-refractivity contribution in [3.63, 3.8) is 0 Å². The van der Waals surface area contributed by atoms with E-state index in [1.54, 1.807) is 0 Å². The van der Waals surface area contributed by atoms with Crippen molar-refractivity contribution < 1.29 is 26.7 Å². The van der Waals surface area contributed by atoms with E-state index in [1.165, 1.54) is 11.8 Å². The van der Waals surface area contributed by atoms with E-state index in [2.05, 4.69) is 0 Å². The summed E-state index contributed by atoms with van der Waals surface area (Å²) in [6.07, 6.45) is 0. The molecular formula is C13H15F2NO4S. The molecule has 1 aliphatic rings. The van der Waals surface area contributed by atoms with Crippen LogP contribution in [-0.4, -0.2) is 50.8 Å². The van der Waals surface area contributed by atoms with Crippen LogP contribution in [0.25, 0.3) is 0 Å². The molecule has 8 heteroatoms. The number of hydrogen-bond acceptors (Lipinski definition) is 4. The van der Waals surface area contributed by atoms with Crippen molar-refractivity contribution in [2.75, 3.05) is 26.3 Å². The van der Waals surface area contributed by atoms with Crippen molar-refractivity contribution >= 4 is 15.7 Å². The highest BCUT2D eigenvalue weighted by molar-refractivity contribution is 7.92. The van der Waals surface area contributed by atoms with Crippen molar-refractivity contribution in [3.05, 3.63) is 29.8 Å². The van der Waals surface area contributed by atoms with Crippen LogP contribution in [0, 0.1) is 11.6 Å². The first-order chi connectivity index (χ1) is 9.84. The molecule has 1 heterocycles. The number of sulfone groups is 1. The number of ether oxygens (including phenoxy) is 1. The second-order valence-electron chi connectivity index (χ2n) is 4.70. The summed E-state index contributed by atoms with van der Waals surface area (Å²) in [6, 6.07) is 2.14. The lowest BCUT2D eigenvalue weighted by molar-refractivity contribution is -0.134. The Morgan fingerprint density at radius 2 is 1.90 bits per heavy atom. The molecule has 0 aromatic heterocycles. The Morgan fingerprint density at radius 1 is 1.29 bits per heavy atom. The summed E-state index contributed by atoms with van der Waals surface area (Å²) >= 11 is 0. The fourth-order valence-corrected chi connectivity index (χ4v) is 3.47. The second kappa shape index (κ2) is 6.07. The summed E-state index contributed by atoms with van der Waals surface area (Å²) in [5.41, 5.74) is 0. The predicted octanol–water partition coefficient (Wildman–Crippen LogP) is 0.986. The minimum atomic E-state index is -4.29. The first kappa shape index (κ1) is 15.8. The lowest BCUT2D eigenvalue weighted by Crippen LogP contribution is -2.47. The van der Waals surface area contributed by atoms with Gasteiger partial charge in [-0.25, -0.2) is 17.2 Å². The standard InChI is InChI=1S/C13H15F2NO4S/c1-9(13(17)16-4-6-20-7-5-16)21(18,19)12-8-10(14)2-3-11(12)15/h2-3,8-9H,4-7H2,1H3/t9-/m1/s1. The maximum Gasteiger partial charge on any atom is 0.241 e. The van der Waals surface area contributed by atoms with Gasteiger partial charge in [0.1, 0.15) is 21.8 Å². The summed E-state index contributed by atoms with van der Waals surface area (Å²) < 4.78 is 56.5. The van der Waals surface area contributed by atoms with E-state index >= 15 is 0 Å². The van der Waals surface area contributed by atoms with Gasteiger partial charge in [-0.05, 0) is 25.1 Å². The van der Waals surface area contributed by atoms with Crippen LogP contribution in [0.3, 0.4) is 0 Å². The molecule has 0 bridgehead atoms. The minimum Gasteiger partial charge on any atom is -0.378 e. The molecule has 1 aromatic carbocycles. The van der Waals surface area contributed by atoms with Gasteiger partial charge in [-0.2, -0.15) is 0 Å². The van der Waals surface area contributed by atoms with Gasteiger partial charge in [-0.1, -0.05) is 0 Å². The molecule has 0 spiro atoms. The molecule has 0 N–H and O–H groups in total. The van der Waals surface area contributed by atoms with Crippen molar-refractivity contribution in [2.24, 2.45) is 0 Å². The SMILES string of the molecule is C[C@H](C(=O)N1CCOCC1)S(=O)(=O)c1cc(F)ccc1F. The Balaban J connectivity index is 2.29. The number of carbonyl (C=O) groups excluding carboxylic acids is 1. The van der Waals surface area contributed by atoms with E-state index in [0.29, 0.717) is 19.3 Å². The summed E-state index contributed by atoms with van der Waals surface area (Å²) in [5, 5.41) is -1.48. The molecular weight excluding hydrogens is 304 g/mol. The Morgan fingerprint density at radius 3 is 2.52 bits per heavy atom. The molecule has 5 nitrogen and oxygen atoms in total. The van der Waals surface area contributed by atoms with Gasteiger partial charge in [0.25, 0.3) is 0 Å². The van der Waals surface area contributed by atoms with Crippen LogP contribution < -0.4 is 0 Å². The van der Waals surface area contributed by atoms with E-state index in [4.69, 9.17) is 4.74 Å². The summed E-state index contributed by atoms with van der Waals surface area (Å²) in [4.78, 5) is 12.7. The molecule has 2 rings (SSSR count). The van der Waals surface area contributed by atoms with Gasteiger partial charge >= 0.3 is 0 Å². The van der Waals surface area contributed by atoms with Gasteiger partial charge in [0.15, 0.2) is 9.84 Å². The summed E-state index contributed by atoms with van der Waals surface area (Å²) in [7, 11) is -4.29. The Hall–Kier alpha value is -1.54. The number of morpholine rings is 1. The molecule has 1 aromatic rings. The molecule has 0 radical (unpaired) electrons. The van der Waals surface area contributed by atoms with E-state index in [-0.39, 0.29) is 13.1 Å². The molecule has 1 aliphatic heterocycles. The Kier molecular flexibility index (Phi) is 4.58. The summed E-state index contributed by atoms with van der Waals surface area (Å²) in [5.74, 6) is -2.58. The topological polar surface area (TPSA) is 63.7 Å². The smallest absolute Gasteiger partial charge is 0.241 e. The number of nitrogens with zero attached hydrogens (tertiary/aromatic N) is 1. The number of rotatable bonds is 3. The fraction of sp³-hybridized carbons (Fsp3) is 0.462. The normalized spacial score (nSPS) is 17.6. The monoisotopic (exact) mass is 319 g/mol. The zero-order valence-electron chi connectivity index (χ0n) is 11.4. The lowest BCUT2D eigenvalue weighted by Gasteiger charge is -2.29. The third-order valence-electron chi connectivity index (χ3n) is 3.34. The molecule has 116 valence electrons. The largest absolute Gasteiger partial charge is 0.378 e. The zero-order valence-corrected chi connectivity index (χ0v) is 12.2. The van der Waals surface area contributed by atoms with Gasteiger partial charge in [0, 0.05) is 13.1 Å². The molecule has 1 fully saturated rings. The maximum atomic E-state index is 13.6. The van der Waals surface area contributed by atoms with Crippen LogP contribution >= 0.6 is 0 Å². The van der Waals surface area contributed by atoms with Crippen LogP contribution in [-0.2, 0) is 19.4 Å². The highest BCUT2D eigenvalue weighted by atomic mass is 32.2. The Labute approximate surface area is 121 Å². The quantitative estimate of drug-likeness (QED) is 0.833. The van der Waals surface area contributed by atoms with Gasteiger partial charge in [-0.3, -0.25) is 4.79 Å². The van der Waals surface area contributed by atoms with Crippen LogP contribution in [0.15, 0.2) is 23.1 Å². The molecule has 0 unspecified atom stereocenters. The third-order valence-corrected chi connectivity index (χ3v) is 5.39. The van der Waals surface area contributed by atoms with Crippen molar-refractivity contribution in [1.82, 2.24) is 4.90 Å². The average Bonchev–Trinajstić information content (AvgIpc) is 2.49.